The number of methoxy groups -OCH3 is 1. The van der Waals surface area contributed by atoms with E-state index < -0.39 is 18.2 Å². The van der Waals surface area contributed by atoms with Crippen LogP contribution in [0.15, 0.2) is 29.9 Å². The van der Waals surface area contributed by atoms with E-state index in [-0.39, 0.29) is 22.6 Å². The summed E-state index contributed by atoms with van der Waals surface area (Å²) in [5, 5.41) is 21.0. The van der Waals surface area contributed by atoms with E-state index in [4.69, 9.17) is 9.47 Å². The molecule has 0 amide bonds. The third-order valence-electron chi connectivity index (χ3n) is 4.19. The predicted molar refractivity (Wildman–Crippen MR) is 95.9 cm³/mol. The Balaban J connectivity index is 2.50. The minimum absolute atomic E-state index is 0.0100. The van der Waals surface area contributed by atoms with Gasteiger partial charge in [0, 0.05) is 18.2 Å². The molecule has 0 bridgehead atoms. The number of aromatic hydroxyl groups is 2. The summed E-state index contributed by atoms with van der Waals surface area (Å²) in [7, 11) is 1.49. The fourth-order valence-corrected chi connectivity index (χ4v) is 2.89. The number of fused-ring (bicyclic) bond motifs is 1. The molecule has 0 saturated carbocycles. The van der Waals surface area contributed by atoms with E-state index in [0.717, 1.165) is 18.4 Å². The molecular formula is C20H26O5. The molecular weight excluding hydrogens is 320 g/mol. The lowest BCUT2D eigenvalue weighted by Crippen LogP contribution is -2.32. The number of phenolic OH excluding ortho intramolecular Hbond substituents is 2. The van der Waals surface area contributed by atoms with Crippen molar-refractivity contribution in [1.29, 1.82) is 0 Å². The quantitative estimate of drug-likeness (QED) is 0.459. The first-order chi connectivity index (χ1) is 11.9. The molecule has 2 rings (SSSR count). The molecule has 0 aromatic heterocycles. The zero-order chi connectivity index (χ0) is 18.6. The third-order valence-corrected chi connectivity index (χ3v) is 4.19. The average Bonchev–Trinajstić information content (AvgIpc) is 2.56. The SMILES string of the molecule is CCC/C=C/[C@@H]1OC(=O)c2c(O)c(CC=C(C)C)cc(O)c2[C@@H]1OC. The maximum atomic E-state index is 12.5. The Labute approximate surface area is 148 Å². The van der Waals surface area contributed by atoms with Gasteiger partial charge in [-0.3, -0.25) is 0 Å². The molecule has 0 radical (unpaired) electrons. The number of esters is 1. The fraction of sp³-hybridized carbons (Fsp3) is 0.450. The smallest absolute Gasteiger partial charge is 0.343 e. The van der Waals surface area contributed by atoms with Crippen molar-refractivity contribution in [3.8, 4) is 11.5 Å². The summed E-state index contributed by atoms with van der Waals surface area (Å²) < 4.78 is 10.9. The monoisotopic (exact) mass is 346 g/mol. The predicted octanol–water partition coefficient (Wildman–Crippen LogP) is 4.19. The molecule has 5 nitrogen and oxygen atoms in total. The highest BCUT2D eigenvalue weighted by molar-refractivity contribution is 5.97. The first kappa shape index (κ1) is 19.1. The zero-order valence-corrected chi connectivity index (χ0v) is 15.2. The summed E-state index contributed by atoms with van der Waals surface area (Å²) in [6.45, 7) is 5.94. The van der Waals surface area contributed by atoms with Crippen LogP contribution in [0.3, 0.4) is 0 Å². The molecule has 1 aromatic carbocycles. The number of rotatable bonds is 6. The number of phenols is 2. The summed E-state index contributed by atoms with van der Waals surface area (Å²) in [5.74, 6) is -0.878. The molecule has 0 unspecified atom stereocenters. The van der Waals surface area contributed by atoms with Crippen LogP contribution in [0, 0.1) is 0 Å². The molecule has 1 aliphatic heterocycles. The second-order valence-corrected chi connectivity index (χ2v) is 6.42. The molecule has 1 heterocycles. The lowest BCUT2D eigenvalue weighted by molar-refractivity contribution is -0.0293. The van der Waals surface area contributed by atoms with E-state index in [1.807, 2.05) is 26.0 Å². The Morgan fingerprint density at radius 2 is 2.08 bits per heavy atom. The number of unbranched alkanes of at least 4 members (excludes halogenated alkanes) is 1. The first-order valence-corrected chi connectivity index (χ1v) is 8.52. The first-order valence-electron chi connectivity index (χ1n) is 8.52. The van der Waals surface area contributed by atoms with Crippen LogP contribution in [-0.2, 0) is 15.9 Å². The largest absolute Gasteiger partial charge is 0.508 e. The van der Waals surface area contributed by atoms with Gasteiger partial charge in [-0.05, 0) is 38.8 Å². The number of ether oxygens (including phenoxy) is 2. The fourth-order valence-electron chi connectivity index (χ4n) is 2.89. The Morgan fingerprint density at radius 1 is 1.36 bits per heavy atom. The van der Waals surface area contributed by atoms with Crippen LogP contribution in [0.2, 0.25) is 0 Å². The van der Waals surface area contributed by atoms with Crippen molar-refractivity contribution in [2.45, 2.75) is 52.2 Å². The second kappa shape index (κ2) is 8.21. The molecule has 2 atom stereocenters. The van der Waals surface area contributed by atoms with Crippen LogP contribution in [-0.4, -0.2) is 29.4 Å². The van der Waals surface area contributed by atoms with Gasteiger partial charge < -0.3 is 19.7 Å². The molecule has 0 saturated heterocycles. The lowest BCUT2D eigenvalue weighted by atomic mass is 9.90. The summed E-state index contributed by atoms with van der Waals surface area (Å²) in [4.78, 5) is 12.5. The van der Waals surface area contributed by atoms with Crippen molar-refractivity contribution in [2.75, 3.05) is 7.11 Å². The van der Waals surface area contributed by atoms with E-state index in [9.17, 15) is 15.0 Å². The topological polar surface area (TPSA) is 76.0 Å². The van der Waals surface area contributed by atoms with E-state index >= 15 is 0 Å². The highest BCUT2D eigenvalue weighted by Gasteiger charge is 2.39. The number of allylic oxidation sites excluding steroid dienone is 3. The van der Waals surface area contributed by atoms with E-state index in [2.05, 4.69) is 6.92 Å². The summed E-state index contributed by atoms with van der Waals surface area (Å²) in [6, 6.07) is 1.49. The van der Waals surface area contributed by atoms with Crippen LogP contribution in [0.4, 0.5) is 0 Å². The zero-order valence-electron chi connectivity index (χ0n) is 15.2. The third kappa shape index (κ3) is 4.04. The molecule has 0 fully saturated rings. The van der Waals surface area contributed by atoms with E-state index in [1.165, 1.54) is 13.2 Å². The molecule has 2 N–H and O–H groups in total. The Morgan fingerprint density at radius 3 is 2.68 bits per heavy atom. The van der Waals surface area contributed by atoms with Gasteiger partial charge in [0.15, 0.2) is 6.10 Å². The average molecular weight is 346 g/mol. The van der Waals surface area contributed by atoms with Gasteiger partial charge in [0.1, 0.15) is 23.2 Å². The summed E-state index contributed by atoms with van der Waals surface area (Å²) >= 11 is 0. The number of carbonyl (C=O) groups is 1. The van der Waals surface area contributed by atoms with Gasteiger partial charge in [0.2, 0.25) is 0 Å². The highest BCUT2D eigenvalue weighted by Crippen LogP contribution is 2.44. The van der Waals surface area contributed by atoms with Crippen molar-refractivity contribution in [3.63, 3.8) is 0 Å². The van der Waals surface area contributed by atoms with Crippen LogP contribution in [0.25, 0.3) is 0 Å². The Bertz CT molecular complexity index is 699. The van der Waals surface area contributed by atoms with E-state index in [0.29, 0.717) is 12.0 Å². The maximum Gasteiger partial charge on any atom is 0.343 e. The van der Waals surface area contributed by atoms with Crippen molar-refractivity contribution < 1.29 is 24.5 Å². The van der Waals surface area contributed by atoms with Crippen molar-refractivity contribution in [3.05, 3.63) is 46.6 Å². The molecule has 1 aliphatic rings. The van der Waals surface area contributed by atoms with Crippen LogP contribution >= 0.6 is 0 Å². The van der Waals surface area contributed by atoms with Crippen LogP contribution < -0.4 is 0 Å². The van der Waals surface area contributed by atoms with E-state index in [1.54, 1.807) is 6.08 Å². The molecule has 0 spiro atoms. The van der Waals surface area contributed by atoms with Gasteiger partial charge in [-0.15, -0.1) is 0 Å². The Kier molecular flexibility index (Phi) is 6.26. The van der Waals surface area contributed by atoms with Crippen molar-refractivity contribution in [1.82, 2.24) is 0 Å². The van der Waals surface area contributed by atoms with Gasteiger partial charge in [0.05, 0.1) is 0 Å². The maximum absolute atomic E-state index is 12.5. The minimum atomic E-state index is -0.663. The number of hydrogen-bond acceptors (Lipinski definition) is 5. The molecule has 25 heavy (non-hydrogen) atoms. The minimum Gasteiger partial charge on any atom is -0.508 e. The van der Waals surface area contributed by atoms with Gasteiger partial charge >= 0.3 is 5.97 Å². The molecule has 136 valence electrons. The van der Waals surface area contributed by atoms with Crippen molar-refractivity contribution in [2.24, 2.45) is 0 Å². The van der Waals surface area contributed by atoms with Crippen LogP contribution in [0.5, 0.6) is 11.5 Å². The number of hydrogen-bond donors (Lipinski definition) is 2. The van der Waals surface area contributed by atoms with Gasteiger partial charge in [-0.2, -0.15) is 0 Å². The summed E-state index contributed by atoms with van der Waals surface area (Å²) in [6.07, 6.45) is 6.57. The standard InChI is InChI=1S/C20H26O5/c1-5-6-7-8-15-19(24-4)16-14(21)11-13(10-9-12(2)3)18(22)17(16)20(23)25-15/h7-9,11,15,19,21-22H,5-6,10H2,1-4H3/b8-7+/t15-,19+/m0/s1. The number of cyclic esters (lactones) is 1. The van der Waals surface area contributed by atoms with Gasteiger partial charge in [-0.1, -0.05) is 31.1 Å². The molecule has 0 aliphatic carbocycles. The van der Waals surface area contributed by atoms with Gasteiger partial charge in [0.25, 0.3) is 0 Å². The van der Waals surface area contributed by atoms with Gasteiger partial charge in [-0.25, -0.2) is 4.79 Å². The molecule has 1 aromatic rings. The second-order valence-electron chi connectivity index (χ2n) is 6.42. The molecule has 5 heteroatoms. The van der Waals surface area contributed by atoms with Crippen molar-refractivity contribution >= 4 is 5.97 Å². The summed E-state index contributed by atoms with van der Waals surface area (Å²) in [5.41, 5.74) is 1.83. The lowest BCUT2D eigenvalue weighted by Gasteiger charge is -2.31. The number of benzene rings is 1. The number of carbonyl (C=O) groups excluding carboxylic acids is 1. The van der Waals surface area contributed by atoms with Crippen LogP contribution in [0.1, 0.15) is 61.2 Å². The Hall–Kier alpha value is -2.27. The normalized spacial score (nSPS) is 19.6. The highest BCUT2D eigenvalue weighted by atomic mass is 16.6.